The highest BCUT2D eigenvalue weighted by molar-refractivity contribution is 7.99. The van der Waals surface area contributed by atoms with Gasteiger partial charge in [0.25, 0.3) is 0 Å². The van der Waals surface area contributed by atoms with Crippen molar-refractivity contribution in [2.24, 2.45) is 0 Å². The maximum Gasteiger partial charge on any atom is 0.0542 e. The van der Waals surface area contributed by atoms with Gasteiger partial charge < -0.3 is 5.32 Å². The van der Waals surface area contributed by atoms with Crippen LogP contribution in [-0.2, 0) is 0 Å². The maximum atomic E-state index is 6.07. The lowest BCUT2D eigenvalue weighted by atomic mass is 10.3. The largest absolute Gasteiger partial charge is 0.313 e. The predicted molar refractivity (Wildman–Crippen MR) is 74.9 cm³/mol. The Labute approximate surface area is 112 Å². The highest BCUT2D eigenvalue weighted by Gasteiger charge is 2.02. The number of rotatable bonds is 6. The molecule has 0 aliphatic rings. The third-order valence-electron chi connectivity index (χ3n) is 2.36. The number of hydrogen-bond acceptors (Lipinski definition) is 2. The molecule has 0 heterocycles. The molecule has 1 atom stereocenters. The first-order chi connectivity index (χ1) is 7.63. The minimum atomic E-state index is 0.579. The summed E-state index contributed by atoms with van der Waals surface area (Å²) in [7, 11) is 0. The molecule has 0 bridgehead atoms. The Bertz CT molecular complexity index is 331. The summed E-state index contributed by atoms with van der Waals surface area (Å²) in [6.45, 7) is 5.36. The molecule has 1 aromatic carbocycles. The van der Waals surface area contributed by atoms with E-state index in [0.29, 0.717) is 6.04 Å². The van der Waals surface area contributed by atoms with Crippen LogP contribution in [0, 0.1) is 0 Å². The summed E-state index contributed by atoms with van der Waals surface area (Å²) < 4.78 is 0. The molecule has 0 saturated carbocycles. The van der Waals surface area contributed by atoms with Gasteiger partial charge in [0.1, 0.15) is 0 Å². The Morgan fingerprint density at radius 3 is 2.81 bits per heavy atom. The van der Waals surface area contributed by atoms with Crippen LogP contribution in [-0.4, -0.2) is 18.3 Å². The van der Waals surface area contributed by atoms with Crippen LogP contribution in [0.3, 0.4) is 0 Å². The van der Waals surface area contributed by atoms with Gasteiger partial charge in [-0.25, -0.2) is 0 Å². The summed E-state index contributed by atoms with van der Waals surface area (Å²) >= 11 is 13.7. The van der Waals surface area contributed by atoms with Crippen LogP contribution in [0.4, 0.5) is 0 Å². The Hall–Kier alpha value is 0.110. The number of benzene rings is 1. The topological polar surface area (TPSA) is 12.0 Å². The molecule has 1 unspecified atom stereocenters. The van der Waals surface area contributed by atoms with E-state index in [9.17, 15) is 0 Å². The minimum absolute atomic E-state index is 0.579. The quantitative estimate of drug-likeness (QED) is 0.608. The zero-order valence-electron chi connectivity index (χ0n) is 9.59. The van der Waals surface area contributed by atoms with E-state index in [2.05, 4.69) is 19.2 Å². The van der Waals surface area contributed by atoms with Crippen LogP contribution in [0.25, 0.3) is 0 Å². The minimum Gasteiger partial charge on any atom is -0.313 e. The molecule has 1 rings (SSSR count). The van der Waals surface area contributed by atoms with Crippen molar-refractivity contribution in [3.05, 3.63) is 28.2 Å². The summed E-state index contributed by atoms with van der Waals surface area (Å²) in [5.41, 5.74) is 0. The molecule has 0 amide bonds. The Balaban J connectivity index is 2.34. The van der Waals surface area contributed by atoms with Crippen LogP contribution >= 0.6 is 35.0 Å². The van der Waals surface area contributed by atoms with E-state index in [-0.39, 0.29) is 0 Å². The van der Waals surface area contributed by atoms with E-state index >= 15 is 0 Å². The zero-order chi connectivity index (χ0) is 12.0. The van der Waals surface area contributed by atoms with Crippen molar-refractivity contribution in [3.8, 4) is 0 Å². The van der Waals surface area contributed by atoms with Gasteiger partial charge in [-0.2, -0.15) is 0 Å². The van der Waals surface area contributed by atoms with E-state index in [4.69, 9.17) is 23.2 Å². The molecule has 0 aliphatic carbocycles. The van der Waals surface area contributed by atoms with Crippen molar-refractivity contribution in [1.82, 2.24) is 5.32 Å². The van der Waals surface area contributed by atoms with Gasteiger partial charge in [-0.3, -0.25) is 0 Å². The third kappa shape index (κ3) is 4.96. The smallest absolute Gasteiger partial charge is 0.0542 e. The van der Waals surface area contributed by atoms with Crippen LogP contribution in [0.5, 0.6) is 0 Å². The average Bonchev–Trinajstić information content (AvgIpc) is 2.28. The summed E-state index contributed by atoms with van der Waals surface area (Å²) in [4.78, 5) is 1.06. The van der Waals surface area contributed by atoms with Crippen molar-refractivity contribution in [2.45, 2.75) is 31.2 Å². The molecule has 0 radical (unpaired) electrons. The zero-order valence-corrected chi connectivity index (χ0v) is 11.9. The van der Waals surface area contributed by atoms with Gasteiger partial charge in [0, 0.05) is 28.3 Å². The molecule has 1 nitrogen and oxygen atoms in total. The molecule has 0 fully saturated rings. The van der Waals surface area contributed by atoms with Gasteiger partial charge in [0.15, 0.2) is 0 Å². The van der Waals surface area contributed by atoms with Crippen LogP contribution in [0.2, 0.25) is 10.0 Å². The first kappa shape index (κ1) is 14.2. The first-order valence-electron chi connectivity index (χ1n) is 5.44. The Morgan fingerprint density at radius 1 is 1.38 bits per heavy atom. The summed E-state index contributed by atoms with van der Waals surface area (Å²) in [6.07, 6.45) is 1.16. The normalized spacial score (nSPS) is 12.8. The highest BCUT2D eigenvalue weighted by atomic mass is 35.5. The molecule has 4 heteroatoms. The second-order valence-electron chi connectivity index (χ2n) is 3.69. The van der Waals surface area contributed by atoms with E-state index in [1.54, 1.807) is 11.8 Å². The van der Waals surface area contributed by atoms with Crippen LogP contribution in [0.1, 0.15) is 20.3 Å². The van der Waals surface area contributed by atoms with Crippen LogP contribution < -0.4 is 5.32 Å². The van der Waals surface area contributed by atoms with E-state index in [0.717, 1.165) is 33.7 Å². The summed E-state index contributed by atoms with van der Waals surface area (Å²) in [5, 5.41) is 4.95. The second kappa shape index (κ2) is 7.44. The second-order valence-corrected chi connectivity index (χ2v) is 5.67. The average molecular weight is 278 g/mol. The van der Waals surface area contributed by atoms with Gasteiger partial charge in [0.05, 0.1) is 5.02 Å². The van der Waals surface area contributed by atoms with Gasteiger partial charge in [-0.1, -0.05) is 30.1 Å². The number of halogens is 2. The standard InChI is InChI=1S/C12H17Cl2NS/c1-3-9(2)15-6-7-16-12-8-10(13)4-5-11(12)14/h4-5,8-9,15H,3,6-7H2,1-2H3. The third-order valence-corrected chi connectivity index (χ3v) is 4.09. The monoisotopic (exact) mass is 277 g/mol. The molecule has 0 aliphatic heterocycles. The van der Waals surface area contributed by atoms with E-state index in [1.165, 1.54) is 0 Å². The van der Waals surface area contributed by atoms with Crippen molar-refractivity contribution < 1.29 is 0 Å². The molecule has 16 heavy (non-hydrogen) atoms. The molecule has 1 aromatic rings. The van der Waals surface area contributed by atoms with Crippen molar-refractivity contribution in [1.29, 1.82) is 0 Å². The molecular formula is C12H17Cl2NS. The molecule has 0 spiro atoms. The van der Waals surface area contributed by atoms with Gasteiger partial charge in [-0.15, -0.1) is 11.8 Å². The lowest BCUT2D eigenvalue weighted by Crippen LogP contribution is -2.27. The first-order valence-corrected chi connectivity index (χ1v) is 7.19. The van der Waals surface area contributed by atoms with Crippen LogP contribution in [0.15, 0.2) is 23.1 Å². The van der Waals surface area contributed by atoms with Crippen molar-refractivity contribution in [3.63, 3.8) is 0 Å². The fraction of sp³-hybridized carbons (Fsp3) is 0.500. The molecule has 90 valence electrons. The van der Waals surface area contributed by atoms with E-state index < -0.39 is 0 Å². The lowest BCUT2D eigenvalue weighted by Gasteiger charge is -2.11. The Kier molecular flexibility index (Phi) is 6.59. The Morgan fingerprint density at radius 2 is 2.12 bits per heavy atom. The lowest BCUT2D eigenvalue weighted by molar-refractivity contribution is 0.555. The van der Waals surface area contributed by atoms with Gasteiger partial charge in [-0.05, 0) is 31.5 Å². The SMILES string of the molecule is CCC(C)NCCSc1cc(Cl)ccc1Cl. The fourth-order valence-electron chi connectivity index (χ4n) is 1.20. The maximum absolute atomic E-state index is 6.07. The molecule has 1 N–H and O–H groups in total. The number of hydrogen-bond donors (Lipinski definition) is 1. The van der Waals surface area contributed by atoms with Gasteiger partial charge >= 0.3 is 0 Å². The number of nitrogens with one attached hydrogen (secondary N) is 1. The van der Waals surface area contributed by atoms with Crippen molar-refractivity contribution >= 4 is 35.0 Å². The summed E-state index contributed by atoms with van der Waals surface area (Å²) in [5.74, 6) is 1.00. The predicted octanol–water partition coefficient (Wildman–Crippen LogP) is 4.47. The van der Waals surface area contributed by atoms with Gasteiger partial charge in [0.2, 0.25) is 0 Å². The van der Waals surface area contributed by atoms with E-state index in [1.807, 2.05) is 18.2 Å². The van der Waals surface area contributed by atoms with Crippen molar-refractivity contribution in [2.75, 3.05) is 12.3 Å². The highest BCUT2D eigenvalue weighted by Crippen LogP contribution is 2.29. The number of thioether (sulfide) groups is 1. The summed E-state index contributed by atoms with van der Waals surface area (Å²) in [6, 6.07) is 6.15. The molecular weight excluding hydrogens is 261 g/mol. The molecule has 0 aromatic heterocycles. The molecule has 0 saturated heterocycles. The fourth-order valence-corrected chi connectivity index (χ4v) is 2.57.